The summed E-state index contributed by atoms with van der Waals surface area (Å²) in [7, 11) is 0. The number of halogens is 2. The maximum Gasteiger partial charge on any atom is 0.166 e. The summed E-state index contributed by atoms with van der Waals surface area (Å²) in [5, 5.41) is 3.80. The molecule has 2 aromatic carbocycles. The molecule has 1 unspecified atom stereocenters. The maximum atomic E-state index is 13.6. The number of anilines is 2. The van der Waals surface area contributed by atoms with Crippen LogP contribution in [0.1, 0.15) is 18.6 Å². The molecule has 0 saturated carbocycles. The van der Waals surface area contributed by atoms with Crippen molar-refractivity contribution in [2.75, 3.05) is 36.8 Å². The first-order valence-electron chi connectivity index (χ1n) is 9.94. The van der Waals surface area contributed by atoms with Crippen LogP contribution in [0.5, 0.6) is 5.75 Å². The van der Waals surface area contributed by atoms with Gasteiger partial charge >= 0.3 is 0 Å². The number of nitrogens with two attached hydrogens (primary N) is 1. The van der Waals surface area contributed by atoms with Crippen molar-refractivity contribution in [2.24, 2.45) is 0 Å². The van der Waals surface area contributed by atoms with Crippen molar-refractivity contribution in [3.8, 4) is 16.9 Å². The quantitative estimate of drug-likeness (QED) is 0.620. The van der Waals surface area contributed by atoms with Crippen LogP contribution in [0, 0.1) is 5.82 Å². The number of piperazine rings is 1. The number of nitrogen functional groups attached to an aromatic ring is 1. The summed E-state index contributed by atoms with van der Waals surface area (Å²) in [4.78, 5) is 6.64. The lowest BCUT2D eigenvalue weighted by molar-refractivity contribution is 0.227. The zero-order valence-corrected chi connectivity index (χ0v) is 17.5. The van der Waals surface area contributed by atoms with Crippen molar-refractivity contribution >= 4 is 23.1 Å². The molecule has 0 spiro atoms. The van der Waals surface area contributed by atoms with Gasteiger partial charge in [0.05, 0.1) is 0 Å². The molecule has 30 heavy (non-hydrogen) atoms. The van der Waals surface area contributed by atoms with Gasteiger partial charge in [-0.2, -0.15) is 0 Å². The molecule has 3 N–H and O–H groups in total. The van der Waals surface area contributed by atoms with Gasteiger partial charge in [-0.3, -0.25) is 0 Å². The zero-order chi connectivity index (χ0) is 21.1. The third-order valence-electron chi connectivity index (χ3n) is 5.26. The van der Waals surface area contributed by atoms with Crippen molar-refractivity contribution in [1.29, 1.82) is 0 Å². The van der Waals surface area contributed by atoms with Gasteiger partial charge in [-0.25, -0.2) is 9.37 Å². The van der Waals surface area contributed by atoms with E-state index in [4.69, 9.17) is 22.1 Å². The van der Waals surface area contributed by atoms with Crippen LogP contribution in [0.15, 0.2) is 54.7 Å². The first-order chi connectivity index (χ1) is 14.5. The van der Waals surface area contributed by atoms with E-state index in [0.29, 0.717) is 16.3 Å². The lowest BCUT2D eigenvalue weighted by Gasteiger charge is -2.29. The summed E-state index contributed by atoms with van der Waals surface area (Å²) in [6.07, 6.45) is 1.24. The van der Waals surface area contributed by atoms with Crippen molar-refractivity contribution in [2.45, 2.75) is 13.0 Å². The maximum absolute atomic E-state index is 13.6. The van der Waals surface area contributed by atoms with Crippen LogP contribution in [-0.2, 0) is 0 Å². The van der Waals surface area contributed by atoms with Crippen LogP contribution < -0.4 is 20.7 Å². The second kappa shape index (κ2) is 8.90. The van der Waals surface area contributed by atoms with Crippen molar-refractivity contribution in [1.82, 2.24) is 10.3 Å². The van der Waals surface area contributed by atoms with Crippen LogP contribution in [0.3, 0.4) is 0 Å². The highest BCUT2D eigenvalue weighted by atomic mass is 35.5. The molecule has 0 amide bonds. The third-order valence-corrected chi connectivity index (χ3v) is 5.61. The average Bonchev–Trinajstić information content (AvgIpc) is 2.77. The highest BCUT2D eigenvalue weighted by Gasteiger charge is 2.16. The van der Waals surface area contributed by atoms with Crippen molar-refractivity contribution in [3.63, 3.8) is 0 Å². The highest BCUT2D eigenvalue weighted by Crippen LogP contribution is 2.33. The normalized spacial score (nSPS) is 15.1. The van der Waals surface area contributed by atoms with Crippen LogP contribution in [0.25, 0.3) is 11.1 Å². The Balaban J connectivity index is 1.55. The molecule has 0 radical (unpaired) electrons. The molecule has 5 nitrogen and oxygen atoms in total. The lowest BCUT2D eigenvalue weighted by atomic mass is 10.1. The monoisotopic (exact) mass is 426 g/mol. The number of nitrogens with one attached hydrogen (secondary N) is 1. The van der Waals surface area contributed by atoms with Crippen molar-refractivity contribution in [3.05, 3.63) is 71.1 Å². The minimum absolute atomic E-state index is 0.274. The fourth-order valence-corrected chi connectivity index (χ4v) is 3.85. The van der Waals surface area contributed by atoms with Gasteiger partial charge < -0.3 is 20.7 Å². The van der Waals surface area contributed by atoms with E-state index in [2.05, 4.69) is 39.5 Å². The second-order valence-corrected chi connectivity index (χ2v) is 7.72. The van der Waals surface area contributed by atoms with E-state index < -0.39 is 6.10 Å². The van der Waals surface area contributed by atoms with Gasteiger partial charge in [0.1, 0.15) is 11.9 Å². The molecular formula is C23H24ClFN4O. The number of nitrogens with zero attached hydrogens (tertiary/aromatic N) is 2. The minimum atomic E-state index is -0.484. The van der Waals surface area contributed by atoms with Crippen LogP contribution in [0.2, 0.25) is 5.02 Å². The number of pyridine rings is 1. The van der Waals surface area contributed by atoms with Crippen LogP contribution >= 0.6 is 11.6 Å². The van der Waals surface area contributed by atoms with E-state index in [1.165, 1.54) is 23.9 Å². The number of aromatic nitrogens is 1. The van der Waals surface area contributed by atoms with Gasteiger partial charge in [-0.15, -0.1) is 0 Å². The number of hydrogen-bond acceptors (Lipinski definition) is 5. The first kappa shape index (κ1) is 20.4. The van der Waals surface area contributed by atoms with Gasteiger partial charge in [0.15, 0.2) is 11.6 Å². The molecule has 2 heterocycles. The molecule has 0 aliphatic carbocycles. The number of benzene rings is 2. The van der Waals surface area contributed by atoms with E-state index >= 15 is 0 Å². The molecule has 1 aliphatic heterocycles. The molecule has 1 aliphatic rings. The fraction of sp³-hybridized carbons (Fsp3) is 0.261. The molecule has 3 aromatic rings. The predicted octanol–water partition coefficient (Wildman–Crippen LogP) is 4.67. The molecule has 7 heteroatoms. The Bertz CT molecular complexity index is 1020. The van der Waals surface area contributed by atoms with Crippen LogP contribution in [0.4, 0.5) is 15.9 Å². The van der Waals surface area contributed by atoms with E-state index in [1.54, 1.807) is 13.1 Å². The number of rotatable bonds is 5. The van der Waals surface area contributed by atoms with Gasteiger partial charge in [-0.05, 0) is 48.9 Å². The lowest BCUT2D eigenvalue weighted by Crippen LogP contribution is -2.43. The highest BCUT2D eigenvalue weighted by molar-refractivity contribution is 6.31. The topological polar surface area (TPSA) is 63.4 Å². The summed E-state index contributed by atoms with van der Waals surface area (Å²) < 4.78 is 19.6. The predicted molar refractivity (Wildman–Crippen MR) is 120 cm³/mol. The number of ether oxygens (including phenoxy) is 1. The van der Waals surface area contributed by atoms with Crippen LogP contribution in [-0.4, -0.2) is 31.2 Å². The Kier molecular flexibility index (Phi) is 6.06. The van der Waals surface area contributed by atoms with Gasteiger partial charge in [-0.1, -0.05) is 23.7 Å². The SMILES string of the molecule is CC(Oc1cc(-c2ccc(N3CCNCC3)cc2)cnc1N)c1cc(F)ccc1Cl. The molecule has 0 bridgehead atoms. The zero-order valence-electron chi connectivity index (χ0n) is 16.7. The average molecular weight is 427 g/mol. The first-order valence-corrected chi connectivity index (χ1v) is 10.3. The molecule has 4 rings (SSSR count). The van der Waals surface area contributed by atoms with E-state index in [0.717, 1.165) is 37.3 Å². The largest absolute Gasteiger partial charge is 0.482 e. The molecule has 156 valence electrons. The summed E-state index contributed by atoms with van der Waals surface area (Å²) in [5.41, 5.74) is 9.70. The van der Waals surface area contributed by atoms with Crippen molar-refractivity contribution < 1.29 is 9.13 Å². The Labute approximate surface area is 180 Å². The summed E-state index contributed by atoms with van der Waals surface area (Å²) in [6, 6.07) is 14.4. The number of hydrogen-bond donors (Lipinski definition) is 2. The standard InChI is InChI=1S/C23H24ClFN4O/c1-15(20-13-18(25)4-7-21(20)24)30-22-12-17(14-28-23(22)26)16-2-5-19(6-3-16)29-10-8-27-9-11-29/h2-7,12-15,27H,8-11H2,1H3,(H2,26,28). The summed E-state index contributed by atoms with van der Waals surface area (Å²) >= 11 is 6.20. The summed E-state index contributed by atoms with van der Waals surface area (Å²) in [5.74, 6) is 0.344. The molecular weight excluding hydrogens is 403 g/mol. The van der Waals surface area contributed by atoms with Gasteiger partial charge in [0.2, 0.25) is 0 Å². The van der Waals surface area contributed by atoms with E-state index in [9.17, 15) is 4.39 Å². The Morgan fingerprint density at radius 3 is 2.57 bits per heavy atom. The molecule has 1 saturated heterocycles. The third kappa shape index (κ3) is 4.50. The second-order valence-electron chi connectivity index (χ2n) is 7.32. The summed E-state index contributed by atoms with van der Waals surface area (Å²) in [6.45, 7) is 5.80. The smallest absolute Gasteiger partial charge is 0.166 e. The van der Waals surface area contributed by atoms with E-state index in [1.807, 2.05) is 6.07 Å². The Hall–Kier alpha value is -2.83. The Morgan fingerprint density at radius 1 is 1.10 bits per heavy atom. The minimum Gasteiger partial charge on any atom is -0.482 e. The molecule has 1 atom stereocenters. The van der Waals surface area contributed by atoms with Gasteiger partial charge in [0.25, 0.3) is 0 Å². The van der Waals surface area contributed by atoms with Gasteiger partial charge in [0, 0.05) is 54.2 Å². The molecule has 1 fully saturated rings. The Morgan fingerprint density at radius 2 is 1.83 bits per heavy atom. The van der Waals surface area contributed by atoms with E-state index in [-0.39, 0.29) is 11.6 Å². The molecule has 1 aromatic heterocycles. The fourth-order valence-electron chi connectivity index (χ4n) is 3.58.